The van der Waals surface area contributed by atoms with Crippen molar-refractivity contribution in [3.63, 3.8) is 0 Å². The Kier molecular flexibility index (Phi) is 3.34. The second-order valence-electron chi connectivity index (χ2n) is 3.13. The van der Waals surface area contributed by atoms with Gasteiger partial charge in [-0.3, -0.25) is 0 Å². The molecule has 3 nitrogen and oxygen atoms in total. The van der Waals surface area contributed by atoms with Crippen LogP contribution in [0.25, 0.3) is 0 Å². The van der Waals surface area contributed by atoms with Crippen molar-refractivity contribution in [3.8, 4) is 6.07 Å². The van der Waals surface area contributed by atoms with Crippen LogP contribution in [-0.4, -0.2) is 18.6 Å². The van der Waals surface area contributed by atoms with Crippen LogP contribution in [0, 0.1) is 11.3 Å². The summed E-state index contributed by atoms with van der Waals surface area (Å²) in [7, 11) is 0. The van der Waals surface area contributed by atoms with Crippen molar-refractivity contribution in [3.05, 3.63) is 0 Å². The fourth-order valence-corrected chi connectivity index (χ4v) is 1.53. The minimum atomic E-state index is 0.384. The largest absolute Gasteiger partial charge is 0.328 e. The Balaban J connectivity index is 2.05. The van der Waals surface area contributed by atoms with E-state index in [1.807, 2.05) is 0 Å². The van der Waals surface area contributed by atoms with Crippen LogP contribution in [0.1, 0.15) is 25.7 Å². The maximum atomic E-state index is 8.28. The molecule has 0 heterocycles. The molecule has 1 fully saturated rings. The maximum Gasteiger partial charge on any atom is 0.0635 e. The summed E-state index contributed by atoms with van der Waals surface area (Å²) in [6, 6.07) is 3.06. The molecule has 0 aromatic heterocycles. The zero-order valence-corrected chi connectivity index (χ0v) is 6.71. The minimum Gasteiger partial charge on any atom is -0.328 e. The smallest absolute Gasteiger partial charge is 0.0635 e. The molecule has 0 bridgehead atoms. The van der Waals surface area contributed by atoms with Gasteiger partial charge in [0.2, 0.25) is 0 Å². The topological polar surface area (TPSA) is 61.8 Å². The number of nitrogens with two attached hydrogens (primary N) is 1. The zero-order chi connectivity index (χ0) is 8.10. The highest BCUT2D eigenvalue weighted by atomic mass is 14.9. The van der Waals surface area contributed by atoms with Gasteiger partial charge in [0.25, 0.3) is 0 Å². The second kappa shape index (κ2) is 4.32. The third-order valence-electron chi connectivity index (χ3n) is 2.14. The van der Waals surface area contributed by atoms with Crippen LogP contribution in [-0.2, 0) is 0 Å². The van der Waals surface area contributed by atoms with Gasteiger partial charge in [0.1, 0.15) is 0 Å². The van der Waals surface area contributed by atoms with Gasteiger partial charge in [-0.2, -0.15) is 5.26 Å². The summed E-state index contributed by atoms with van der Waals surface area (Å²) in [5, 5.41) is 11.6. The predicted octanol–water partition coefficient (Wildman–Crippen LogP) is 0.369. The summed E-state index contributed by atoms with van der Waals surface area (Å²) in [5.41, 5.74) is 5.72. The lowest BCUT2D eigenvalue weighted by molar-refractivity contribution is 0.524. The highest BCUT2D eigenvalue weighted by Gasteiger charge is 2.20. The fourth-order valence-electron chi connectivity index (χ4n) is 1.53. The number of hydrogen-bond donors (Lipinski definition) is 2. The van der Waals surface area contributed by atoms with Crippen molar-refractivity contribution in [1.82, 2.24) is 5.32 Å². The summed E-state index contributed by atoms with van der Waals surface area (Å²) in [6.45, 7) is 0.813. The summed E-state index contributed by atoms with van der Waals surface area (Å²) in [6.07, 6.45) is 3.98. The molecule has 62 valence electrons. The molecule has 11 heavy (non-hydrogen) atoms. The zero-order valence-electron chi connectivity index (χ0n) is 6.71. The molecule has 0 aliphatic heterocycles. The van der Waals surface area contributed by atoms with E-state index >= 15 is 0 Å². The SMILES string of the molecule is N#CCCNC1CCC(N)C1. The average molecular weight is 153 g/mol. The van der Waals surface area contributed by atoms with E-state index in [2.05, 4.69) is 11.4 Å². The predicted molar refractivity (Wildman–Crippen MR) is 43.8 cm³/mol. The number of nitrogens with zero attached hydrogens (tertiary/aromatic N) is 1. The molecule has 0 saturated heterocycles. The number of nitrogens with one attached hydrogen (secondary N) is 1. The first-order valence-electron chi connectivity index (χ1n) is 4.19. The standard InChI is InChI=1S/C8H15N3/c9-4-1-5-11-8-3-2-7(10)6-8/h7-8,11H,1-3,5-6,10H2. The van der Waals surface area contributed by atoms with Crippen molar-refractivity contribution in [1.29, 1.82) is 5.26 Å². The van der Waals surface area contributed by atoms with Crippen LogP contribution in [0.15, 0.2) is 0 Å². The van der Waals surface area contributed by atoms with Gasteiger partial charge in [0.15, 0.2) is 0 Å². The van der Waals surface area contributed by atoms with E-state index in [4.69, 9.17) is 11.0 Å². The van der Waals surface area contributed by atoms with Crippen molar-refractivity contribution in [2.45, 2.75) is 37.8 Å². The molecule has 1 aliphatic carbocycles. The Morgan fingerprint density at radius 3 is 2.91 bits per heavy atom. The first kappa shape index (κ1) is 8.51. The van der Waals surface area contributed by atoms with Crippen LogP contribution < -0.4 is 11.1 Å². The average Bonchev–Trinajstić information content (AvgIpc) is 2.37. The quantitative estimate of drug-likeness (QED) is 0.576. The van der Waals surface area contributed by atoms with Crippen molar-refractivity contribution >= 4 is 0 Å². The number of nitriles is 1. The van der Waals surface area contributed by atoms with Crippen molar-refractivity contribution in [2.24, 2.45) is 5.73 Å². The van der Waals surface area contributed by atoms with Crippen LogP contribution in [0.3, 0.4) is 0 Å². The molecule has 2 unspecified atom stereocenters. The molecule has 1 saturated carbocycles. The van der Waals surface area contributed by atoms with Gasteiger partial charge in [-0.15, -0.1) is 0 Å². The molecular formula is C8H15N3. The first-order chi connectivity index (χ1) is 5.33. The first-order valence-corrected chi connectivity index (χ1v) is 4.19. The van der Waals surface area contributed by atoms with E-state index in [1.165, 1.54) is 6.42 Å². The Morgan fingerprint density at radius 2 is 2.36 bits per heavy atom. The monoisotopic (exact) mass is 153 g/mol. The summed E-state index contributed by atoms with van der Waals surface area (Å²) in [4.78, 5) is 0. The molecule has 0 aromatic carbocycles. The van der Waals surface area contributed by atoms with E-state index in [-0.39, 0.29) is 0 Å². The normalized spacial score (nSPS) is 30.2. The van der Waals surface area contributed by atoms with Gasteiger partial charge in [-0.05, 0) is 19.3 Å². The molecule has 3 heteroatoms. The lowest BCUT2D eigenvalue weighted by Gasteiger charge is -2.09. The molecule has 0 radical (unpaired) electrons. The van der Waals surface area contributed by atoms with Crippen LogP contribution in [0.4, 0.5) is 0 Å². The second-order valence-corrected chi connectivity index (χ2v) is 3.13. The highest BCUT2D eigenvalue weighted by molar-refractivity contribution is 4.83. The van der Waals surface area contributed by atoms with E-state index in [9.17, 15) is 0 Å². The molecule has 1 rings (SSSR count). The fraction of sp³-hybridized carbons (Fsp3) is 0.875. The van der Waals surface area contributed by atoms with Gasteiger partial charge in [0, 0.05) is 25.0 Å². The Morgan fingerprint density at radius 1 is 1.55 bits per heavy atom. The van der Waals surface area contributed by atoms with Crippen LogP contribution >= 0.6 is 0 Å². The molecular weight excluding hydrogens is 138 g/mol. The third kappa shape index (κ3) is 2.87. The van der Waals surface area contributed by atoms with Gasteiger partial charge in [-0.1, -0.05) is 0 Å². The van der Waals surface area contributed by atoms with Gasteiger partial charge in [-0.25, -0.2) is 0 Å². The Hall–Kier alpha value is -0.590. The van der Waals surface area contributed by atoms with Crippen LogP contribution in [0.5, 0.6) is 0 Å². The number of hydrogen-bond acceptors (Lipinski definition) is 3. The molecule has 2 atom stereocenters. The molecule has 0 spiro atoms. The highest BCUT2D eigenvalue weighted by Crippen LogP contribution is 2.16. The van der Waals surface area contributed by atoms with Crippen molar-refractivity contribution in [2.75, 3.05) is 6.54 Å². The Bertz CT molecular complexity index is 150. The minimum absolute atomic E-state index is 0.384. The molecule has 0 aromatic rings. The number of rotatable bonds is 3. The van der Waals surface area contributed by atoms with Crippen molar-refractivity contribution < 1.29 is 0 Å². The van der Waals surface area contributed by atoms with E-state index in [1.54, 1.807) is 0 Å². The summed E-state index contributed by atoms with van der Waals surface area (Å²) >= 11 is 0. The van der Waals surface area contributed by atoms with Gasteiger partial charge in [0.05, 0.1) is 6.07 Å². The Labute approximate surface area is 67.6 Å². The maximum absolute atomic E-state index is 8.28. The molecule has 3 N–H and O–H groups in total. The lowest BCUT2D eigenvalue weighted by Crippen LogP contribution is -2.29. The molecule has 0 amide bonds. The lowest BCUT2D eigenvalue weighted by atomic mass is 10.2. The van der Waals surface area contributed by atoms with E-state index in [0.29, 0.717) is 18.5 Å². The summed E-state index contributed by atoms with van der Waals surface area (Å²) < 4.78 is 0. The van der Waals surface area contributed by atoms with Crippen LogP contribution in [0.2, 0.25) is 0 Å². The third-order valence-corrected chi connectivity index (χ3v) is 2.14. The van der Waals surface area contributed by atoms with Gasteiger partial charge >= 0.3 is 0 Å². The van der Waals surface area contributed by atoms with E-state index in [0.717, 1.165) is 19.4 Å². The molecule has 1 aliphatic rings. The van der Waals surface area contributed by atoms with Gasteiger partial charge < -0.3 is 11.1 Å². The van der Waals surface area contributed by atoms with E-state index < -0.39 is 0 Å². The summed E-state index contributed by atoms with van der Waals surface area (Å²) in [5.74, 6) is 0.